The summed E-state index contributed by atoms with van der Waals surface area (Å²) in [5.74, 6) is -71.6. The topological polar surface area (TPSA) is 30.2 Å². The largest absolute Gasteiger partial charge is 0.458 e. The van der Waals surface area contributed by atoms with Crippen LogP contribution >= 0.6 is 0 Å². The molecule has 1 aromatic heterocycles. The number of halogens is 20. The minimum atomic E-state index is -7.22. The first-order chi connectivity index (χ1) is 39.5. The number of aromatic nitrogens is 1. The molecule has 0 fully saturated rings. The molecule has 446 valence electrons. The van der Waals surface area contributed by atoms with Gasteiger partial charge in [0.2, 0.25) is 0 Å². The van der Waals surface area contributed by atoms with Crippen LogP contribution in [0.15, 0.2) is 66.9 Å². The van der Waals surface area contributed by atoms with E-state index in [9.17, 15) is 57.5 Å². The number of unbranched alkanes of at least 4 members (excludes halogenated alkanes) is 15. The van der Waals surface area contributed by atoms with Crippen molar-refractivity contribution < 1.29 is 102 Å². The second kappa shape index (κ2) is 28.9. The fraction of sp³-hybridized carbons (Fsp3) is 0.322. The number of hydrogen-bond acceptors (Lipinski definition) is 2. The van der Waals surface area contributed by atoms with Gasteiger partial charge in [0.15, 0.2) is 82.5 Å². The second-order valence-electron chi connectivity index (χ2n) is 19.6. The Hall–Kier alpha value is -7.14. The molecule has 0 unspecified atom stereocenters. The maximum atomic E-state index is 15.4. The van der Waals surface area contributed by atoms with Gasteiger partial charge in [-0.3, -0.25) is 0 Å². The molecule has 24 heteroatoms. The average Bonchev–Trinajstić information content (AvgIpc) is 1.07. The first-order valence-electron chi connectivity index (χ1n) is 26.4. The SMILES string of the molecule is CCCCCCCCCCCCCCCCCCOC(=O)c1c2ccccc2cc[n+]1Cc1ccccc1.Fc1c(F)c(F)c([B-](c2c(F)c(F)c(F)c(F)c2F)(c2c(F)c(F)c(F)c(F)c2F)c2c(F)c(F)c(F)c(F)c2F)c(F)c1F. The Morgan fingerprint density at radius 1 is 0.361 bits per heavy atom. The van der Waals surface area contributed by atoms with E-state index >= 15 is 35.1 Å². The van der Waals surface area contributed by atoms with Crippen LogP contribution in [0.1, 0.15) is 126 Å². The Morgan fingerprint density at radius 2 is 0.651 bits per heavy atom. The van der Waals surface area contributed by atoms with E-state index in [4.69, 9.17) is 4.74 Å². The molecule has 0 N–H and O–H groups in total. The molecule has 1 heterocycles. The number of fused-ring (bicyclic) bond motifs is 1. The molecule has 0 atom stereocenters. The van der Waals surface area contributed by atoms with Gasteiger partial charge in [-0.1, -0.05) is 152 Å². The molecule has 0 aliphatic heterocycles. The first kappa shape index (κ1) is 65.0. The Kier molecular flexibility index (Phi) is 22.6. The molecule has 6 aromatic carbocycles. The van der Waals surface area contributed by atoms with Crippen LogP contribution in [0.4, 0.5) is 87.8 Å². The normalized spacial score (nSPS) is 11.6. The van der Waals surface area contributed by atoms with Crippen molar-refractivity contribution in [3.05, 3.63) is 194 Å². The average molecular weight is 1200 g/mol. The third-order valence-corrected chi connectivity index (χ3v) is 14.3. The lowest BCUT2D eigenvalue weighted by Crippen LogP contribution is -2.81. The summed E-state index contributed by atoms with van der Waals surface area (Å²) >= 11 is 0. The molecule has 3 nitrogen and oxygen atoms in total. The summed E-state index contributed by atoms with van der Waals surface area (Å²) in [6.07, 6.45) is 16.2. The van der Waals surface area contributed by atoms with Crippen molar-refractivity contribution >= 4 is 44.7 Å². The lowest BCUT2D eigenvalue weighted by atomic mass is 9.12. The minimum absolute atomic E-state index is 0.223. The molecule has 0 aliphatic carbocycles. The van der Waals surface area contributed by atoms with Gasteiger partial charge in [0, 0.05) is 11.6 Å². The van der Waals surface area contributed by atoms with E-state index in [1.165, 1.54) is 95.5 Å². The number of carbonyl (C=O) groups is 1. The van der Waals surface area contributed by atoms with Crippen LogP contribution in [-0.2, 0) is 11.3 Å². The molecular formula is C59H50BF20NO2. The molecular weight excluding hydrogens is 1150 g/mol. The van der Waals surface area contributed by atoms with Crippen LogP contribution in [0.5, 0.6) is 0 Å². The van der Waals surface area contributed by atoms with Gasteiger partial charge < -0.3 is 4.74 Å². The van der Waals surface area contributed by atoms with Crippen molar-refractivity contribution in [3.63, 3.8) is 0 Å². The Morgan fingerprint density at radius 3 is 0.988 bits per heavy atom. The van der Waals surface area contributed by atoms with Crippen molar-refractivity contribution in [1.82, 2.24) is 0 Å². The fourth-order valence-corrected chi connectivity index (χ4v) is 10.2. The lowest BCUT2D eigenvalue weighted by Gasteiger charge is -2.44. The maximum absolute atomic E-state index is 15.4. The minimum Gasteiger partial charge on any atom is -0.458 e. The van der Waals surface area contributed by atoms with Gasteiger partial charge in [-0.2, -0.15) is 4.57 Å². The van der Waals surface area contributed by atoms with Crippen LogP contribution < -0.4 is 26.4 Å². The summed E-state index contributed by atoms with van der Waals surface area (Å²) in [4.78, 5) is 13.2. The maximum Gasteiger partial charge on any atom is 0.404 e. The summed E-state index contributed by atoms with van der Waals surface area (Å²) in [5, 5.41) is 2.01. The number of benzene rings is 6. The van der Waals surface area contributed by atoms with Crippen LogP contribution in [0.25, 0.3) is 10.8 Å². The van der Waals surface area contributed by atoms with Gasteiger partial charge in [-0.05, 0) is 17.9 Å². The molecule has 7 rings (SSSR count). The first-order valence-corrected chi connectivity index (χ1v) is 26.4. The third kappa shape index (κ3) is 13.5. The third-order valence-electron chi connectivity index (χ3n) is 14.3. The number of hydrogen-bond donors (Lipinski definition) is 0. The molecule has 83 heavy (non-hydrogen) atoms. The zero-order chi connectivity index (χ0) is 61.0. The molecule has 0 saturated heterocycles. The highest BCUT2D eigenvalue weighted by Gasteiger charge is 2.52. The van der Waals surface area contributed by atoms with E-state index < -0.39 is 144 Å². The highest BCUT2D eigenvalue weighted by atomic mass is 19.2. The van der Waals surface area contributed by atoms with Gasteiger partial charge in [0.1, 0.15) is 52.7 Å². The predicted molar refractivity (Wildman–Crippen MR) is 269 cm³/mol. The van der Waals surface area contributed by atoms with E-state index in [1.54, 1.807) is 0 Å². The lowest BCUT2D eigenvalue weighted by molar-refractivity contribution is -0.689. The van der Waals surface area contributed by atoms with Crippen LogP contribution in [-0.4, -0.2) is 18.7 Å². The van der Waals surface area contributed by atoms with Gasteiger partial charge in [-0.25, -0.2) is 92.6 Å². The molecule has 7 aromatic rings. The van der Waals surface area contributed by atoms with Crippen molar-refractivity contribution in [2.75, 3.05) is 6.61 Å². The molecule has 0 aliphatic rings. The summed E-state index contributed by atoms with van der Waals surface area (Å²) < 4.78 is 302. The zero-order valence-electron chi connectivity index (χ0n) is 44.0. The highest BCUT2D eigenvalue weighted by molar-refractivity contribution is 7.20. The van der Waals surface area contributed by atoms with E-state index in [-0.39, 0.29) is 5.97 Å². The molecule has 0 radical (unpaired) electrons. The summed E-state index contributed by atoms with van der Waals surface area (Å²) in [5.41, 5.74) is -12.5. The standard InChI is InChI=1S/C35H50NO2.C24BF20/c1-2-3-4-5-6-7-8-9-10-11-12-13-14-15-16-22-29-38-35(37)34-33-26-21-20-25-32(33)27-28-36(34)30-31-23-18-17-19-24-31;26-5-1(6(27)14(35)21(42)13(5)34)25(2-7(28)15(36)22(43)16(37)8(2)29,3-9(30)17(38)23(44)18(39)10(3)31)4-11(32)19(40)24(45)20(41)12(4)33/h17-21,23-28H,2-16,22,29-30H2,1H3;/q+1;-1. The molecule has 0 saturated carbocycles. The van der Waals surface area contributed by atoms with E-state index in [0.717, 1.165) is 23.6 Å². The van der Waals surface area contributed by atoms with Crippen molar-refractivity contribution in [1.29, 1.82) is 0 Å². The smallest absolute Gasteiger partial charge is 0.404 e. The fourth-order valence-electron chi connectivity index (χ4n) is 10.2. The number of carbonyl (C=O) groups excluding carboxylic acids is 1. The predicted octanol–water partition coefficient (Wildman–Crippen LogP) is 15.4. The molecule has 0 spiro atoms. The number of pyridine rings is 1. The number of esters is 1. The van der Waals surface area contributed by atoms with Crippen LogP contribution in [0.2, 0.25) is 0 Å². The van der Waals surface area contributed by atoms with Crippen LogP contribution in [0.3, 0.4) is 0 Å². The molecule has 0 amide bonds. The van der Waals surface area contributed by atoms with Crippen LogP contribution in [0, 0.1) is 116 Å². The van der Waals surface area contributed by atoms with Gasteiger partial charge >= 0.3 is 5.97 Å². The molecule has 0 bridgehead atoms. The summed E-state index contributed by atoms with van der Waals surface area (Å²) in [6, 6.07) is 20.4. The quantitative estimate of drug-likeness (QED) is 0.0115. The Labute approximate surface area is 462 Å². The monoisotopic (exact) mass is 1200 g/mol. The van der Waals surface area contributed by atoms with Gasteiger partial charge in [0.05, 0.1) is 12.0 Å². The number of rotatable bonds is 24. The summed E-state index contributed by atoms with van der Waals surface area (Å²) in [6.45, 7) is 3.42. The van der Waals surface area contributed by atoms with Gasteiger partial charge in [-0.15, -0.1) is 21.9 Å². The number of nitrogens with zero attached hydrogens (tertiary/aromatic N) is 1. The van der Waals surface area contributed by atoms with E-state index in [1.807, 2.05) is 47.2 Å². The Balaban J connectivity index is 0.000000271. The summed E-state index contributed by atoms with van der Waals surface area (Å²) in [7, 11) is 0. The Bertz CT molecular complexity index is 3070. The van der Waals surface area contributed by atoms with Gasteiger partial charge in [0.25, 0.3) is 5.69 Å². The van der Waals surface area contributed by atoms with Crippen molar-refractivity contribution in [2.45, 2.75) is 116 Å². The van der Waals surface area contributed by atoms with Crippen molar-refractivity contribution in [2.24, 2.45) is 0 Å². The van der Waals surface area contributed by atoms with E-state index in [2.05, 4.69) is 31.2 Å². The van der Waals surface area contributed by atoms with E-state index in [0.29, 0.717) is 18.8 Å². The zero-order valence-corrected chi connectivity index (χ0v) is 44.0. The van der Waals surface area contributed by atoms with Crippen molar-refractivity contribution in [3.8, 4) is 0 Å². The second-order valence-corrected chi connectivity index (χ2v) is 19.6. The number of ether oxygens (including phenoxy) is 1. The highest BCUT2D eigenvalue weighted by Crippen LogP contribution is 2.31.